The Balaban J connectivity index is 1.93. The van der Waals surface area contributed by atoms with Gasteiger partial charge in [-0.3, -0.25) is 4.79 Å². The highest BCUT2D eigenvalue weighted by Gasteiger charge is 2.14. The molecule has 0 saturated heterocycles. The van der Waals surface area contributed by atoms with Crippen LogP contribution in [-0.2, 0) is 0 Å². The summed E-state index contributed by atoms with van der Waals surface area (Å²) in [5.74, 6) is -2.30. The number of nitrogens with one attached hydrogen (secondary N) is 1. The van der Waals surface area contributed by atoms with E-state index in [0.717, 1.165) is 6.07 Å². The lowest BCUT2D eigenvalue weighted by Gasteiger charge is -2.06. The maximum absolute atomic E-state index is 13.5. The Bertz CT molecular complexity index is 846. The first-order valence-electron chi connectivity index (χ1n) is 6.00. The van der Waals surface area contributed by atoms with Crippen LogP contribution < -0.4 is 5.32 Å². The normalized spacial score (nSPS) is 10.8. The Morgan fingerprint density at radius 1 is 1.19 bits per heavy atom. The highest BCUT2D eigenvalue weighted by Crippen LogP contribution is 2.17. The van der Waals surface area contributed by atoms with Gasteiger partial charge in [0.15, 0.2) is 23.1 Å². The maximum atomic E-state index is 13.5. The molecule has 0 radical (unpaired) electrons. The van der Waals surface area contributed by atoms with Gasteiger partial charge in [-0.25, -0.2) is 8.78 Å². The molecule has 21 heavy (non-hydrogen) atoms. The molecule has 0 atom stereocenters. The summed E-state index contributed by atoms with van der Waals surface area (Å²) in [5.41, 5.74) is 0.275. The quantitative estimate of drug-likeness (QED) is 0.782. The number of aryl methyl sites for hydroxylation is 1. The summed E-state index contributed by atoms with van der Waals surface area (Å²) in [4.78, 5) is 12.0. The zero-order chi connectivity index (χ0) is 15.0. The van der Waals surface area contributed by atoms with Crippen LogP contribution in [0.3, 0.4) is 0 Å². The van der Waals surface area contributed by atoms with E-state index in [-0.39, 0.29) is 11.4 Å². The molecule has 2 aromatic heterocycles. The van der Waals surface area contributed by atoms with Gasteiger partial charge in [0.1, 0.15) is 5.69 Å². The zero-order valence-corrected chi connectivity index (χ0v) is 10.8. The third kappa shape index (κ3) is 2.31. The van der Waals surface area contributed by atoms with Crippen LogP contribution in [0.15, 0.2) is 30.3 Å². The number of nitrogens with zero attached hydrogens (tertiary/aromatic N) is 4. The predicted octanol–water partition coefficient (Wildman–Crippen LogP) is 1.96. The van der Waals surface area contributed by atoms with E-state index in [4.69, 9.17) is 0 Å². The number of amides is 1. The summed E-state index contributed by atoms with van der Waals surface area (Å²) in [6.45, 7) is 1.68. The number of rotatable bonds is 2. The highest BCUT2D eigenvalue weighted by atomic mass is 19.2. The summed E-state index contributed by atoms with van der Waals surface area (Å²) in [6, 6.07) is 6.52. The number of hydrogen-bond acceptors (Lipinski definition) is 4. The van der Waals surface area contributed by atoms with E-state index in [2.05, 4.69) is 20.6 Å². The van der Waals surface area contributed by atoms with Crippen molar-refractivity contribution in [1.29, 1.82) is 0 Å². The Kier molecular flexibility index (Phi) is 3.05. The summed E-state index contributed by atoms with van der Waals surface area (Å²) < 4.78 is 28.0. The van der Waals surface area contributed by atoms with Crippen LogP contribution in [-0.4, -0.2) is 25.7 Å². The van der Waals surface area contributed by atoms with E-state index in [1.807, 2.05) is 0 Å². The van der Waals surface area contributed by atoms with Crippen molar-refractivity contribution in [3.8, 4) is 0 Å². The van der Waals surface area contributed by atoms with Crippen LogP contribution in [0, 0.1) is 18.6 Å². The van der Waals surface area contributed by atoms with Gasteiger partial charge in [-0.2, -0.15) is 9.61 Å². The second-order valence-corrected chi connectivity index (χ2v) is 4.29. The molecule has 0 aliphatic heterocycles. The Morgan fingerprint density at radius 2 is 2.00 bits per heavy atom. The number of aromatic nitrogens is 4. The molecular formula is C13H9F2N5O. The molecule has 6 nitrogen and oxygen atoms in total. The first-order chi connectivity index (χ1) is 10.1. The Morgan fingerprint density at radius 3 is 2.81 bits per heavy atom. The molecule has 0 bridgehead atoms. The molecule has 0 saturated carbocycles. The molecule has 106 valence electrons. The first-order valence-corrected chi connectivity index (χ1v) is 6.00. The molecule has 2 heterocycles. The molecule has 0 spiro atoms. The third-order valence-electron chi connectivity index (χ3n) is 2.85. The second-order valence-electron chi connectivity index (χ2n) is 4.29. The Hall–Kier alpha value is -2.90. The molecular weight excluding hydrogens is 280 g/mol. The smallest absolute Gasteiger partial charge is 0.276 e. The molecule has 8 heteroatoms. The summed E-state index contributed by atoms with van der Waals surface area (Å²) in [6.07, 6.45) is 0. The number of carbonyl (C=O) groups is 1. The van der Waals surface area contributed by atoms with Gasteiger partial charge in [-0.05, 0) is 31.2 Å². The summed E-state index contributed by atoms with van der Waals surface area (Å²) in [7, 11) is 0. The SMILES string of the molecule is Cc1nnc2ccc(C(=O)Nc3cccc(F)c3F)nn12. The minimum atomic E-state index is -1.12. The van der Waals surface area contributed by atoms with E-state index in [1.54, 1.807) is 13.0 Å². The van der Waals surface area contributed by atoms with Gasteiger partial charge in [0, 0.05) is 0 Å². The van der Waals surface area contributed by atoms with Gasteiger partial charge < -0.3 is 5.32 Å². The number of anilines is 1. The van der Waals surface area contributed by atoms with Gasteiger partial charge >= 0.3 is 0 Å². The molecule has 0 unspecified atom stereocenters. The van der Waals surface area contributed by atoms with E-state index >= 15 is 0 Å². The van der Waals surface area contributed by atoms with E-state index < -0.39 is 17.5 Å². The minimum Gasteiger partial charge on any atom is -0.318 e. The fourth-order valence-electron chi connectivity index (χ4n) is 1.80. The van der Waals surface area contributed by atoms with Gasteiger partial charge in [-0.15, -0.1) is 10.2 Å². The van der Waals surface area contributed by atoms with Crippen LogP contribution in [0.4, 0.5) is 14.5 Å². The minimum absolute atomic E-state index is 0.0362. The lowest BCUT2D eigenvalue weighted by atomic mass is 10.2. The van der Waals surface area contributed by atoms with Gasteiger partial charge in [-0.1, -0.05) is 6.07 Å². The fourth-order valence-corrected chi connectivity index (χ4v) is 1.80. The van der Waals surface area contributed by atoms with E-state index in [9.17, 15) is 13.6 Å². The van der Waals surface area contributed by atoms with Crippen molar-refractivity contribution in [2.24, 2.45) is 0 Å². The standard InChI is InChI=1S/C13H9F2N5O/c1-7-17-18-11-6-5-10(19-20(7)11)13(21)16-9-4-2-3-8(14)12(9)15/h2-6H,1H3,(H,16,21). The number of carbonyl (C=O) groups excluding carboxylic acids is 1. The lowest BCUT2D eigenvalue weighted by molar-refractivity contribution is 0.102. The van der Waals surface area contributed by atoms with Crippen molar-refractivity contribution in [1.82, 2.24) is 19.8 Å². The average molecular weight is 289 g/mol. The molecule has 1 N–H and O–H groups in total. The van der Waals surface area contributed by atoms with Crippen molar-refractivity contribution < 1.29 is 13.6 Å². The van der Waals surface area contributed by atoms with E-state index in [1.165, 1.54) is 22.7 Å². The van der Waals surface area contributed by atoms with Crippen molar-refractivity contribution in [3.63, 3.8) is 0 Å². The average Bonchev–Trinajstić information content (AvgIpc) is 2.85. The lowest BCUT2D eigenvalue weighted by Crippen LogP contribution is -2.16. The molecule has 3 rings (SSSR count). The van der Waals surface area contributed by atoms with E-state index in [0.29, 0.717) is 11.5 Å². The monoisotopic (exact) mass is 289 g/mol. The summed E-state index contributed by atoms with van der Waals surface area (Å²) in [5, 5.41) is 14.0. The third-order valence-corrected chi connectivity index (χ3v) is 2.85. The largest absolute Gasteiger partial charge is 0.318 e. The van der Waals surface area contributed by atoms with Gasteiger partial charge in [0.2, 0.25) is 0 Å². The number of fused-ring (bicyclic) bond motifs is 1. The molecule has 0 aliphatic carbocycles. The second kappa shape index (κ2) is 4.89. The maximum Gasteiger partial charge on any atom is 0.276 e. The topological polar surface area (TPSA) is 72.2 Å². The van der Waals surface area contributed by atoms with Gasteiger partial charge in [0.05, 0.1) is 5.69 Å². The Labute approximate surface area is 117 Å². The predicted molar refractivity (Wildman–Crippen MR) is 69.8 cm³/mol. The van der Waals surface area contributed by atoms with Crippen molar-refractivity contribution in [2.75, 3.05) is 5.32 Å². The molecule has 0 fully saturated rings. The fraction of sp³-hybridized carbons (Fsp3) is 0.0769. The van der Waals surface area contributed by atoms with Crippen LogP contribution in [0.25, 0.3) is 5.65 Å². The van der Waals surface area contributed by atoms with Crippen LogP contribution in [0.2, 0.25) is 0 Å². The summed E-state index contributed by atoms with van der Waals surface area (Å²) >= 11 is 0. The number of benzene rings is 1. The van der Waals surface area contributed by atoms with Crippen molar-refractivity contribution in [3.05, 3.63) is 53.5 Å². The zero-order valence-electron chi connectivity index (χ0n) is 10.8. The number of halogens is 2. The van der Waals surface area contributed by atoms with Crippen molar-refractivity contribution >= 4 is 17.2 Å². The van der Waals surface area contributed by atoms with Crippen molar-refractivity contribution in [2.45, 2.75) is 6.92 Å². The molecule has 0 aliphatic rings. The van der Waals surface area contributed by atoms with Crippen LogP contribution in [0.1, 0.15) is 16.3 Å². The highest BCUT2D eigenvalue weighted by molar-refractivity contribution is 6.02. The van der Waals surface area contributed by atoms with Gasteiger partial charge in [0.25, 0.3) is 5.91 Å². The van der Waals surface area contributed by atoms with Crippen LogP contribution in [0.5, 0.6) is 0 Å². The molecule has 1 amide bonds. The first kappa shape index (κ1) is 13.1. The molecule has 1 aromatic carbocycles. The molecule has 3 aromatic rings. The number of hydrogen-bond donors (Lipinski definition) is 1. The van der Waals surface area contributed by atoms with Crippen LogP contribution >= 0.6 is 0 Å².